The molecule has 0 unspecified atom stereocenters. The molecule has 0 heterocycles. The first kappa shape index (κ1) is 12.9. The van der Waals surface area contributed by atoms with Crippen molar-refractivity contribution < 1.29 is 4.79 Å². The molecule has 1 nitrogen and oxygen atoms in total. The summed E-state index contributed by atoms with van der Waals surface area (Å²) < 4.78 is 0.856. The van der Waals surface area contributed by atoms with E-state index < -0.39 is 0 Å². The summed E-state index contributed by atoms with van der Waals surface area (Å²) in [6.07, 6.45) is 2.54. The van der Waals surface area contributed by atoms with Gasteiger partial charge in [0.05, 0.1) is 5.02 Å². The Kier molecular flexibility index (Phi) is 3.46. The highest BCUT2D eigenvalue weighted by atomic mass is 79.9. The summed E-state index contributed by atoms with van der Waals surface area (Å²) in [6.45, 7) is 0. The third-order valence-electron chi connectivity index (χ3n) is 3.39. The van der Waals surface area contributed by atoms with Crippen molar-refractivity contribution in [2.45, 2.75) is 18.8 Å². The zero-order valence-corrected chi connectivity index (χ0v) is 12.5. The van der Waals surface area contributed by atoms with E-state index in [0.717, 1.165) is 4.47 Å². The van der Waals surface area contributed by atoms with Crippen LogP contribution in [0.25, 0.3) is 0 Å². The molecule has 0 aromatic heterocycles. The minimum absolute atomic E-state index is 0.0337. The Balaban J connectivity index is 1.92. The molecule has 1 fully saturated rings. The second-order valence-corrected chi connectivity index (χ2v) is 6.17. The quantitative estimate of drug-likeness (QED) is 0.704. The van der Waals surface area contributed by atoms with Gasteiger partial charge in [-0.15, -0.1) is 0 Å². The lowest BCUT2D eigenvalue weighted by Gasteiger charge is -2.05. The largest absolute Gasteiger partial charge is 0.289 e. The number of carbonyl (C=O) groups excluding carboxylic acids is 1. The predicted octanol–water partition coefficient (Wildman–Crippen LogP) is 5.21. The fraction of sp³-hybridized carbons (Fsp3) is 0.188. The van der Waals surface area contributed by atoms with Gasteiger partial charge in [0.2, 0.25) is 0 Å². The Hall–Kier alpha value is -1.12. The molecule has 2 aromatic rings. The number of benzene rings is 2. The maximum absolute atomic E-state index is 12.4. The molecular weight excluding hydrogens is 324 g/mol. The number of ketones is 1. The van der Waals surface area contributed by atoms with E-state index in [2.05, 4.69) is 28.1 Å². The molecular formula is C16H12BrClO. The summed E-state index contributed by atoms with van der Waals surface area (Å²) in [5.41, 5.74) is 2.55. The van der Waals surface area contributed by atoms with Crippen molar-refractivity contribution in [2.24, 2.45) is 0 Å². The molecule has 0 aliphatic heterocycles. The van der Waals surface area contributed by atoms with E-state index in [4.69, 9.17) is 11.6 Å². The average Bonchev–Trinajstić information content (AvgIpc) is 3.25. The Morgan fingerprint density at radius 3 is 2.42 bits per heavy atom. The minimum Gasteiger partial charge on any atom is -0.289 e. The van der Waals surface area contributed by atoms with Crippen LogP contribution in [0.15, 0.2) is 46.9 Å². The molecule has 96 valence electrons. The van der Waals surface area contributed by atoms with E-state index in [9.17, 15) is 4.79 Å². The van der Waals surface area contributed by atoms with Crippen LogP contribution in [0.2, 0.25) is 5.02 Å². The molecule has 1 aliphatic carbocycles. The summed E-state index contributed by atoms with van der Waals surface area (Å²) in [4.78, 5) is 12.4. The summed E-state index contributed by atoms with van der Waals surface area (Å²) in [5.74, 6) is 0.673. The molecule has 3 rings (SSSR count). The van der Waals surface area contributed by atoms with Crippen LogP contribution in [0.5, 0.6) is 0 Å². The highest BCUT2D eigenvalue weighted by Gasteiger charge is 2.23. The molecule has 0 radical (unpaired) electrons. The number of rotatable bonds is 3. The fourth-order valence-electron chi connectivity index (χ4n) is 2.15. The van der Waals surface area contributed by atoms with Crippen molar-refractivity contribution >= 4 is 33.3 Å². The molecule has 3 heteroatoms. The monoisotopic (exact) mass is 334 g/mol. The van der Waals surface area contributed by atoms with Gasteiger partial charge in [-0.25, -0.2) is 0 Å². The lowest BCUT2D eigenvalue weighted by Crippen LogP contribution is -2.02. The van der Waals surface area contributed by atoms with Gasteiger partial charge in [-0.3, -0.25) is 4.79 Å². The van der Waals surface area contributed by atoms with Crippen LogP contribution < -0.4 is 0 Å². The van der Waals surface area contributed by atoms with Crippen LogP contribution in [0, 0.1) is 0 Å². The van der Waals surface area contributed by atoms with Crippen molar-refractivity contribution in [2.75, 3.05) is 0 Å². The molecule has 1 saturated carbocycles. The third-order valence-corrected chi connectivity index (χ3v) is 4.22. The van der Waals surface area contributed by atoms with Gasteiger partial charge in [-0.2, -0.15) is 0 Å². The second kappa shape index (κ2) is 5.10. The fourth-order valence-corrected chi connectivity index (χ4v) is 2.71. The smallest absolute Gasteiger partial charge is 0.194 e. The number of hydrogen-bond donors (Lipinski definition) is 0. The van der Waals surface area contributed by atoms with Gasteiger partial charge >= 0.3 is 0 Å². The van der Waals surface area contributed by atoms with Crippen molar-refractivity contribution in [1.29, 1.82) is 0 Å². The maximum Gasteiger partial charge on any atom is 0.194 e. The average molecular weight is 336 g/mol. The van der Waals surface area contributed by atoms with E-state index in [-0.39, 0.29) is 5.78 Å². The van der Waals surface area contributed by atoms with Gasteiger partial charge in [-0.05, 0) is 42.5 Å². The summed E-state index contributed by atoms with van der Waals surface area (Å²) >= 11 is 9.46. The highest BCUT2D eigenvalue weighted by Crippen LogP contribution is 2.40. The Labute approximate surface area is 125 Å². The zero-order valence-electron chi connectivity index (χ0n) is 10.2. The SMILES string of the molecule is O=C(c1ccc(C2CC2)cc1)c1cc(Br)ccc1Cl. The maximum atomic E-state index is 12.4. The van der Waals surface area contributed by atoms with Gasteiger partial charge in [-0.1, -0.05) is 51.8 Å². The topological polar surface area (TPSA) is 17.1 Å². The second-order valence-electron chi connectivity index (χ2n) is 4.85. The Bertz CT molecular complexity index is 630. The van der Waals surface area contributed by atoms with Gasteiger partial charge < -0.3 is 0 Å². The molecule has 0 spiro atoms. The van der Waals surface area contributed by atoms with E-state index in [1.54, 1.807) is 12.1 Å². The van der Waals surface area contributed by atoms with E-state index in [1.165, 1.54) is 18.4 Å². The molecule has 0 amide bonds. The molecule has 19 heavy (non-hydrogen) atoms. The standard InChI is InChI=1S/C16H12BrClO/c17-13-7-8-15(18)14(9-13)16(19)12-5-3-11(4-6-12)10-1-2-10/h3-10H,1-2H2. The lowest BCUT2D eigenvalue weighted by molar-refractivity contribution is 0.103. The van der Waals surface area contributed by atoms with Crippen molar-refractivity contribution in [1.82, 2.24) is 0 Å². The summed E-state index contributed by atoms with van der Waals surface area (Å²) in [5, 5.41) is 0.486. The van der Waals surface area contributed by atoms with Crippen LogP contribution in [0.1, 0.15) is 40.2 Å². The molecule has 0 saturated heterocycles. The summed E-state index contributed by atoms with van der Waals surface area (Å²) in [6, 6.07) is 13.2. The predicted molar refractivity (Wildman–Crippen MR) is 81.0 cm³/mol. The first-order valence-electron chi connectivity index (χ1n) is 6.25. The zero-order chi connectivity index (χ0) is 13.4. The van der Waals surface area contributed by atoms with Crippen molar-refractivity contribution in [3.05, 3.63) is 68.7 Å². The first-order valence-corrected chi connectivity index (χ1v) is 7.42. The van der Waals surface area contributed by atoms with E-state index in [0.29, 0.717) is 22.1 Å². The van der Waals surface area contributed by atoms with Crippen LogP contribution in [0.4, 0.5) is 0 Å². The van der Waals surface area contributed by atoms with Gasteiger partial charge in [0, 0.05) is 15.6 Å². The van der Waals surface area contributed by atoms with Crippen LogP contribution in [0.3, 0.4) is 0 Å². The normalized spacial score (nSPS) is 14.4. The highest BCUT2D eigenvalue weighted by molar-refractivity contribution is 9.10. The van der Waals surface area contributed by atoms with Crippen molar-refractivity contribution in [3.63, 3.8) is 0 Å². The third kappa shape index (κ3) is 2.75. The molecule has 0 atom stereocenters. The van der Waals surface area contributed by atoms with E-state index in [1.807, 2.05) is 18.2 Å². The summed E-state index contributed by atoms with van der Waals surface area (Å²) in [7, 11) is 0. The minimum atomic E-state index is -0.0337. The Morgan fingerprint density at radius 2 is 1.79 bits per heavy atom. The van der Waals surface area contributed by atoms with Crippen LogP contribution in [-0.4, -0.2) is 5.78 Å². The van der Waals surface area contributed by atoms with Crippen molar-refractivity contribution in [3.8, 4) is 0 Å². The number of halogens is 2. The Morgan fingerprint density at radius 1 is 1.11 bits per heavy atom. The van der Waals surface area contributed by atoms with E-state index >= 15 is 0 Å². The van der Waals surface area contributed by atoms with Crippen LogP contribution in [-0.2, 0) is 0 Å². The van der Waals surface area contributed by atoms with Gasteiger partial charge in [0.1, 0.15) is 0 Å². The van der Waals surface area contributed by atoms with Crippen LogP contribution >= 0.6 is 27.5 Å². The molecule has 0 N–H and O–H groups in total. The molecule has 1 aliphatic rings. The number of hydrogen-bond acceptors (Lipinski definition) is 1. The number of carbonyl (C=O) groups is 1. The molecule has 0 bridgehead atoms. The first-order chi connectivity index (χ1) is 9.15. The van der Waals surface area contributed by atoms with Gasteiger partial charge in [0.25, 0.3) is 0 Å². The van der Waals surface area contributed by atoms with Gasteiger partial charge in [0.15, 0.2) is 5.78 Å². The lowest BCUT2D eigenvalue weighted by atomic mass is 10.0. The molecule has 2 aromatic carbocycles.